The Kier molecular flexibility index (Phi) is 4.28. The van der Waals surface area contributed by atoms with Crippen molar-refractivity contribution in [1.29, 1.82) is 0 Å². The monoisotopic (exact) mass is 368 g/mol. The topological polar surface area (TPSA) is 50.3 Å². The molecule has 4 nitrogen and oxygen atoms in total. The van der Waals surface area contributed by atoms with Gasteiger partial charge in [-0.1, -0.05) is 34.5 Å². The molecule has 0 radical (unpaired) electrons. The maximum Gasteiger partial charge on any atom is 0.243 e. The van der Waals surface area contributed by atoms with Crippen molar-refractivity contribution in [3.05, 3.63) is 36.7 Å². The van der Waals surface area contributed by atoms with E-state index in [2.05, 4.69) is 20.9 Å². The van der Waals surface area contributed by atoms with Crippen molar-refractivity contribution in [3.8, 4) is 0 Å². The SMILES string of the molecule is O=S(=O)(c1cccc2cnccc12)N(CCBr)C1CCC1. The fourth-order valence-corrected chi connectivity index (χ4v) is 5.22. The van der Waals surface area contributed by atoms with Gasteiger partial charge in [0.25, 0.3) is 0 Å². The summed E-state index contributed by atoms with van der Waals surface area (Å²) in [6, 6.07) is 7.28. The Morgan fingerprint density at radius 2 is 2.10 bits per heavy atom. The first-order valence-electron chi connectivity index (χ1n) is 7.05. The molecule has 1 aromatic carbocycles. The molecule has 112 valence electrons. The molecule has 1 saturated carbocycles. The van der Waals surface area contributed by atoms with Crippen LogP contribution in [0.5, 0.6) is 0 Å². The summed E-state index contributed by atoms with van der Waals surface area (Å²) in [5.74, 6) is 0. The lowest BCUT2D eigenvalue weighted by Crippen LogP contribution is -2.45. The molecule has 1 fully saturated rings. The number of fused-ring (bicyclic) bond motifs is 1. The van der Waals surface area contributed by atoms with E-state index in [-0.39, 0.29) is 6.04 Å². The quantitative estimate of drug-likeness (QED) is 0.761. The minimum absolute atomic E-state index is 0.143. The van der Waals surface area contributed by atoms with Gasteiger partial charge in [-0.05, 0) is 25.0 Å². The molecule has 21 heavy (non-hydrogen) atoms. The van der Waals surface area contributed by atoms with Crippen LogP contribution in [0.25, 0.3) is 10.8 Å². The molecule has 0 unspecified atom stereocenters. The second-order valence-corrected chi connectivity index (χ2v) is 7.89. The van der Waals surface area contributed by atoms with E-state index in [4.69, 9.17) is 0 Å². The highest BCUT2D eigenvalue weighted by molar-refractivity contribution is 9.09. The van der Waals surface area contributed by atoms with Gasteiger partial charge in [0.05, 0.1) is 4.90 Å². The Balaban J connectivity index is 2.10. The van der Waals surface area contributed by atoms with Crippen LogP contribution in [0, 0.1) is 0 Å². The van der Waals surface area contributed by atoms with Crippen LogP contribution in [0.4, 0.5) is 0 Å². The number of rotatable bonds is 5. The summed E-state index contributed by atoms with van der Waals surface area (Å²) in [6.45, 7) is 0.508. The Bertz CT molecular complexity index is 739. The molecule has 1 aliphatic carbocycles. The predicted molar refractivity (Wildman–Crippen MR) is 87.1 cm³/mol. The van der Waals surface area contributed by atoms with Gasteiger partial charge in [-0.3, -0.25) is 4.98 Å². The molecule has 0 atom stereocenters. The van der Waals surface area contributed by atoms with Crippen LogP contribution in [0.1, 0.15) is 19.3 Å². The van der Waals surface area contributed by atoms with Crippen molar-refractivity contribution >= 4 is 36.7 Å². The molecular formula is C15H17BrN2O2S. The van der Waals surface area contributed by atoms with Gasteiger partial charge in [-0.15, -0.1) is 0 Å². The number of pyridine rings is 1. The van der Waals surface area contributed by atoms with Crippen molar-refractivity contribution in [3.63, 3.8) is 0 Å². The molecule has 6 heteroatoms. The smallest absolute Gasteiger partial charge is 0.243 e. The van der Waals surface area contributed by atoms with Crippen molar-refractivity contribution in [2.75, 3.05) is 11.9 Å². The van der Waals surface area contributed by atoms with E-state index in [1.165, 1.54) is 0 Å². The van der Waals surface area contributed by atoms with Crippen LogP contribution in [-0.2, 0) is 10.0 Å². The summed E-state index contributed by atoms with van der Waals surface area (Å²) < 4.78 is 27.8. The van der Waals surface area contributed by atoms with E-state index in [9.17, 15) is 8.42 Å². The third-order valence-electron chi connectivity index (χ3n) is 4.01. The highest BCUT2D eigenvalue weighted by Crippen LogP contribution is 2.32. The molecule has 0 amide bonds. The number of benzene rings is 1. The Labute approximate surface area is 133 Å². The van der Waals surface area contributed by atoms with Gasteiger partial charge in [0.2, 0.25) is 10.0 Å². The van der Waals surface area contributed by atoms with Crippen LogP contribution >= 0.6 is 15.9 Å². The summed E-state index contributed by atoms with van der Waals surface area (Å²) >= 11 is 3.37. The molecule has 1 heterocycles. The molecule has 0 spiro atoms. The second kappa shape index (κ2) is 6.02. The summed E-state index contributed by atoms with van der Waals surface area (Å²) in [4.78, 5) is 4.45. The van der Waals surface area contributed by atoms with Crippen LogP contribution in [0.3, 0.4) is 0 Å². The minimum Gasteiger partial charge on any atom is -0.264 e. The van der Waals surface area contributed by atoms with Gasteiger partial charge >= 0.3 is 0 Å². The van der Waals surface area contributed by atoms with E-state index in [0.717, 1.165) is 30.0 Å². The molecular weight excluding hydrogens is 352 g/mol. The highest BCUT2D eigenvalue weighted by Gasteiger charge is 2.35. The average Bonchev–Trinajstić information content (AvgIpc) is 2.44. The lowest BCUT2D eigenvalue weighted by Gasteiger charge is -2.36. The largest absolute Gasteiger partial charge is 0.264 e. The Hall–Kier alpha value is -0.980. The number of hydrogen-bond acceptors (Lipinski definition) is 3. The molecule has 0 bridgehead atoms. The number of alkyl halides is 1. The van der Waals surface area contributed by atoms with Gasteiger partial charge in [-0.2, -0.15) is 4.31 Å². The summed E-state index contributed by atoms with van der Waals surface area (Å²) in [5, 5.41) is 2.24. The third-order valence-corrected chi connectivity index (χ3v) is 6.38. The zero-order valence-electron chi connectivity index (χ0n) is 11.6. The molecule has 1 aliphatic rings. The van der Waals surface area contributed by atoms with E-state index >= 15 is 0 Å². The lowest BCUT2D eigenvalue weighted by atomic mass is 9.93. The maximum absolute atomic E-state index is 13.1. The molecule has 2 aromatic rings. The highest BCUT2D eigenvalue weighted by atomic mass is 79.9. The van der Waals surface area contributed by atoms with E-state index < -0.39 is 10.0 Å². The number of nitrogens with zero attached hydrogens (tertiary/aromatic N) is 2. The molecule has 0 saturated heterocycles. The first kappa shape index (κ1) is 14.9. The van der Waals surface area contributed by atoms with Crippen LogP contribution in [0.2, 0.25) is 0 Å². The molecule has 1 aromatic heterocycles. The minimum atomic E-state index is -3.47. The van der Waals surface area contributed by atoms with Gasteiger partial charge in [-0.25, -0.2) is 8.42 Å². The molecule has 3 rings (SSSR count). The van der Waals surface area contributed by atoms with Crippen LogP contribution in [0.15, 0.2) is 41.6 Å². The van der Waals surface area contributed by atoms with Crippen molar-refractivity contribution in [1.82, 2.24) is 9.29 Å². The fourth-order valence-electron chi connectivity index (χ4n) is 2.70. The van der Waals surface area contributed by atoms with E-state index in [1.807, 2.05) is 6.07 Å². The maximum atomic E-state index is 13.1. The summed E-state index contributed by atoms with van der Waals surface area (Å²) in [6.07, 6.45) is 6.36. The normalized spacial score (nSPS) is 16.3. The van der Waals surface area contributed by atoms with Gasteiger partial charge in [0.15, 0.2) is 0 Å². The van der Waals surface area contributed by atoms with Gasteiger partial charge < -0.3 is 0 Å². The predicted octanol–water partition coefficient (Wildman–Crippen LogP) is 3.17. The number of halogens is 1. The van der Waals surface area contributed by atoms with E-state index in [1.54, 1.807) is 34.9 Å². The average molecular weight is 369 g/mol. The van der Waals surface area contributed by atoms with E-state index in [0.29, 0.717) is 16.8 Å². The number of sulfonamides is 1. The first-order valence-corrected chi connectivity index (χ1v) is 9.61. The van der Waals surface area contributed by atoms with Crippen molar-refractivity contribution in [2.45, 2.75) is 30.2 Å². The first-order chi connectivity index (χ1) is 10.1. The van der Waals surface area contributed by atoms with Crippen molar-refractivity contribution < 1.29 is 8.42 Å². The summed E-state index contributed by atoms with van der Waals surface area (Å²) in [7, 11) is -3.47. The molecule has 0 N–H and O–H groups in total. The fraction of sp³-hybridized carbons (Fsp3) is 0.400. The van der Waals surface area contributed by atoms with Crippen LogP contribution in [-0.4, -0.2) is 35.6 Å². The standard InChI is InChI=1S/C15H17BrN2O2S/c16-8-10-18(13-4-2-5-13)21(19,20)15-6-1-3-12-11-17-9-7-14(12)15/h1,3,6-7,9,11,13H,2,4-5,8,10H2. The third kappa shape index (κ3) is 2.72. The Morgan fingerprint density at radius 1 is 1.29 bits per heavy atom. The van der Waals surface area contributed by atoms with Gasteiger partial charge in [0.1, 0.15) is 0 Å². The van der Waals surface area contributed by atoms with Crippen molar-refractivity contribution in [2.24, 2.45) is 0 Å². The number of hydrogen-bond donors (Lipinski definition) is 0. The lowest BCUT2D eigenvalue weighted by molar-refractivity contribution is 0.228. The van der Waals surface area contributed by atoms with Crippen LogP contribution < -0.4 is 0 Å². The second-order valence-electron chi connectivity index (χ2n) is 5.24. The number of aromatic nitrogens is 1. The molecule has 0 aliphatic heterocycles. The van der Waals surface area contributed by atoms with Gasteiger partial charge in [0, 0.05) is 41.1 Å². The Morgan fingerprint density at radius 3 is 2.76 bits per heavy atom. The zero-order chi connectivity index (χ0) is 14.9. The zero-order valence-corrected chi connectivity index (χ0v) is 14.0. The summed E-state index contributed by atoms with van der Waals surface area (Å²) in [5.41, 5.74) is 0.